The van der Waals surface area contributed by atoms with Gasteiger partial charge in [0.2, 0.25) is 0 Å². The zero-order chi connectivity index (χ0) is 12.4. The molecule has 2 rings (SSSR count). The van der Waals surface area contributed by atoms with Crippen LogP contribution < -0.4 is 5.32 Å². The Morgan fingerprint density at radius 2 is 2.06 bits per heavy atom. The molecular formula is C14H26N2S. The van der Waals surface area contributed by atoms with E-state index in [0.717, 1.165) is 17.6 Å². The van der Waals surface area contributed by atoms with Gasteiger partial charge in [0.1, 0.15) is 0 Å². The molecule has 4 atom stereocenters. The highest BCUT2D eigenvalue weighted by Crippen LogP contribution is 2.30. The summed E-state index contributed by atoms with van der Waals surface area (Å²) >= 11 is 1.91. The first-order valence-electron chi connectivity index (χ1n) is 7.03. The monoisotopic (exact) mass is 254 g/mol. The van der Waals surface area contributed by atoms with Gasteiger partial charge in [0.05, 0.1) is 6.04 Å². The van der Waals surface area contributed by atoms with E-state index in [2.05, 4.69) is 33.0 Å². The Kier molecular flexibility index (Phi) is 4.40. The minimum Gasteiger partial charge on any atom is -0.362 e. The van der Waals surface area contributed by atoms with Crippen LogP contribution in [-0.4, -0.2) is 23.0 Å². The van der Waals surface area contributed by atoms with Crippen molar-refractivity contribution in [2.45, 2.75) is 59.0 Å². The number of thioether (sulfide) groups is 1. The van der Waals surface area contributed by atoms with Gasteiger partial charge in [-0.1, -0.05) is 39.5 Å². The third kappa shape index (κ3) is 3.40. The number of hydrogen-bond donors (Lipinski definition) is 1. The maximum Gasteiger partial charge on any atom is 0.157 e. The molecule has 0 aromatic carbocycles. The summed E-state index contributed by atoms with van der Waals surface area (Å²) in [4.78, 5) is 4.80. The maximum atomic E-state index is 4.80. The molecule has 2 nitrogen and oxygen atoms in total. The predicted molar refractivity (Wildman–Crippen MR) is 77.6 cm³/mol. The third-order valence-corrected chi connectivity index (χ3v) is 5.19. The third-order valence-electron chi connectivity index (χ3n) is 4.18. The van der Waals surface area contributed by atoms with Crippen molar-refractivity contribution < 1.29 is 0 Å². The van der Waals surface area contributed by atoms with Crippen molar-refractivity contribution in [3.05, 3.63) is 0 Å². The van der Waals surface area contributed by atoms with Crippen molar-refractivity contribution in [3.63, 3.8) is 0 Å². The van der Waals surface area contributed by atoms with Gasteiger partial charge < -0.3 is 5.32 Å². The van der Waals surface area contributed by atoms with E-state index in [1.165, 1.54) is 24.4 Å². The fraction of sp³-hybridized carbons (Fsp3) is 0.929. The molecule has 1 saturated carbocycles. The van der Waals surface area contributed by atoms with Crippen LogP contribution in [0.25, 0.3) is 0 Å². The topological polar surface area (TPSA) is 24.4 Å². The summed E-state index contributed by atoms with van der Waals surface area (Å²) in [6.07, 6.45) is 4.05. The van der Waals surface area contributed by atoms with Crippen LogP contribution in [0, 0.1) is 17.8 Å². The number of rotatable bonds is 2. The van der Waals surface area contributed by atoms with Crippen molar-refractivity contribution in [2.24, 2.45) is 22.7 Å². The van der Waals surface area contributed by atoms with Gasteiger partial charge in [0, 0.05) is 11.8 Å². The fourth-order valence-electron chi connectivity index (χ4n) is 2.85. The summed E-state index contributed by atoms with van der Waals surface area (Å²) in [6.45, 7) is 9.29. The van der Waals surface area contributed by atoms with Crippen molar-refractivity contribution in [1.82, 2.24) is 5.32 Å². The number of amidine groups is 1. The van der Waals surface area contributed by atoms with Gasteiger partial charge in [0.25, 0.3) is 0 Å². The van der Waals surface area contributed by atoms with E-state index in [1.54, 1.807) is 0 Å². The van der Waals surface area contributed by atoms with Crippen molar-refractivity contribution in [1.29, 1.82) is 0 Å². The lowest BCUT2D eigenvalue weighted by molar-refractivity contribution is 0.248. The van der Waals surface area contributed by atoms with Gasteiger partial charge in [0.15, 0.2) is 5.17 Å². The summed E-state index contributed by atoms with van der Waals surface area (Å²) in [5.41, 5.74) is 0. The average Bonchev–Trinajstić information content (AvgIpc) is 2.71. The number of nitrogens with zero attached hydrogens (tertiary/aromatic N) is 1. The highest BCUT2D eigenvalue weighted by molar-refractivity contribution is 8.14. The van der Waals surface area contributed by atoms with Crippen LogP contribution in [-0.2, 0) is 0 Å². The highest BCUT2D eigenvalue weighted by Gasteiger charge is 2.28. The van der Waals surface area contributed by atoms with Crippen molar-refractivity contribution in [2.75, 3.05) is 5.75 Å². The molecule has 3 heteroatoms. The zero-order valence-corrected chi connectivity index (χ0v) is 12.4. The van der Waals surface area contributed by atoms with Crippen LogP contribution in [0.15, 0.2) is 4.99 Å². The minimum atomic E-state index is 0.528. The Bertz CT molecular complexity index is 288. The van der Waals surface area contributed by atoms with E-state index in [9.17, 15) is 0 Å². The van der Waals surface area contributed by atoms with Crippen LogP contribution in [0.5, 0.6) is 0 Å². The second-order valence-corrected chi connectivity index (χ2v) is 7.21. The Labute approximate surface area is 110 Å². The Morgan fingerprint density at radius 3 is 2.65 bits per heavy atom. The number of nitrogens with one attached hydrogen (secondary N) is 1. The van der Waals surface area contributed by atoms with E-state index in [1.807, 2.05) is 11.8 Å². The fourth-order valence-corrected chi connectivity index (χ4v) is 4.08. The Balaban J connectivity index is 1.87. The molecule has 1 aliphatic carbocycles. The van der Waals surface area contributed by atoms with Crippen LogP contribution in [0.1, 0.15) is 47.0 Å². The van der Waals surface area contributed by atoms with Gasteiger partial charge in [-0.25, -0.2) is 0 Å². The lowest BCUT2D eigenvalue weighted by Gasteiger charge is -2.33. The van der Waals surface area contributed by atoms with Gasteiger partial charge in [-0.15, -0.1) is 0 Å². The molecule has 0 spiro atoms. The van der Waals surface area contributed by atoms with E-state index in [-0.39, 0.29) is 0 Å². The quantitative estimate of drug-likeness (QED) is 0.815. The largest absolute Gasteiger partial charge is 0.362 e. The highest BCUT2D eigenvalue weighted by atomic mass is 32.2. The van der Waals surface area contributed by atoms with Gasteiger partial charge >= 0.3 is 0 Å². The van der Waals surface area contributed by atoms with Crippen LogP contribution in [0.3, 0.4) is 0 Å². The minimum absolute atomic E-state index is 0.528. The molecule has 0 bridgehead atoms. The standard InChI is InChI=1S/C14H26N2S/c1-9(2)13-8-17-14(16-13)15-12-6-5-10(3)7-11(12)4/h9-13H,5-8H2,1-4H3,(H,15,16). The summed E-state index contributed by atoms with van der Waals surface area (Å²) in [7, 11) is 0. The molecule has 17 heavy (non-hydrogen) atoms. The normalized spacial score (nSPS) is 38.3. The first-order chi connectivity index (χ1) is 8.06. The lowest BCUT2D eigenvalue weighted by Crippen LogP contribution is -2.41. The molecule has 1 heterocycles. The van der Waals surface area contributed by atoms with Gasteiger partial charge in [-0.2, -0.15) is 0 Å². The molecule has 1 aliphatic heterocycles. The van der Waals surface area contributed by atoms with E-state index < -0.39 is 0 Å². The van der Waals surface area contributed by atoms with Crippen LogP contribution >= 0.6 is 11.8 Å². The lowest BCUT2D eigenvalue weighted by atomic mass is 9.80. The molecule has 4 unspecified atom stereocenters. The van der Waals surface area contributed by atoms with E-state index in [0.29, 0.717) is 18.0 Å². The molecule has 0 saturated heterocycles. The Morgan fingerprint density at radius 1 is 1.29 bits per heavy atom. The second-order valence-electron chi connectivity index (χ2n) is 6.20. The van der Waals surface area contributed by atoms with Gasteiger partial charge in [-0.3, -0.25) is 4.99 Å². The number of hydrogen-bond acceptors (Lipinski definition) is 3. The van der Waals surface area contributed by atoms with Crippen molar-refractivity contribution >= 4 is 16.9 Å². The van der Waals surface area contributed by atoms with Gasteiger partial charge in [-0.05, 0) is 37.0 Å². The molecule has 0 amide bonds. The average molecular weight is 254 g/mol. The second kappa shape index (κ2) is 5.64. The summed E-state index contributed by atoms with van der Waals surface area (Å²) in [6, 6.07) is 1.18. The molecule has 1 N–H and O–H groups in total. The Hall–Kier alpha value is -0.180. The molecule has 2 aliphatic rings. The number of aliphatic imine (C=N–C) groups is 1. The van der Waals surface area contributed by atoms with Crippen LogP contribution in [0.4, 0.5) is 0 Å². The van der Waals surface area contributed by atoms with E-state index in [4.69, 9.17) is 4.99 Å². The zero-order valence-electron chi connectivity index (χ0n) is 11.6. The summed E-state index contributed by atoms with van der Waals surface area (Å²) < 4.78 is 0. The van der Waals surface area contributed by atoms with Crippen LogP contribution in [0.2, 0.25) is 0 Å². The van der Waals surface area contributed by atoms with E-state index >= 15 is 0 Å². The first kappa shape index (κ1) is 13.3. The SMILES string of the molecule is CC1CCC(NC2=NC(C(C)C)CS2)C(C)C1. The summed E-state index contributed by atoms with van der Waals surface area (Å²) in [5.74, 6) is 3.53. The van der Waals surface area contributed by atoms with Crippen molar-refractivity contribution in [3.8, 4) is 0 Å². The molecular weight excluding hydrogens is 228 g/mol. The summed E-state index contributed by atoms with van der Waals surface area (Å²) in [5, 5.41) is 4.89. The molecule has 0 radical (unpaired) electrons. The molecule has 1 fully saturated rings. The predicted octanol–water partition coefficient (Wildman–Crippen LogP) is 3.53. The first-order valence-corrected chi connectivity index (χ1v) is 8.02. The molecule has 98 valence electrons. The smallest absolute Gasteiger partial charge is 0.157 e. The maximum absolute atomic E-state index is 4.80. The molecule has 0 aromatic heterocycles. The molecule has 0 aromatic rings.